The van der Waals surface area contributed by atoms with Crippen LogP contribution in [0.3, 0.4) is 0 Å². The van der Waals surface area contributed by atoms with E-state index in [0.717, 1.165) is 5.56 Å². The van der Waals surface area contributed by atoms with Gasteiger partial charge in [-0.1, -0.05) is 12.1 Å². The van der Waals surface area contributed by atoms with Gasteiger partial charge in [0.2, 0.25) is 11.8 Å². The number of anilines is 4. The highest BCUT2D eigenvalue weighted by Gasteiger charge is 2.37. The van der Waals surface area contributed by atoms with E-state index in [-0.39, 0.29) is 53.9 Å². The first kappa shape index (κ1) is 34.5. The molecule has 12 nitrogen and oxygen atoms in total. The lowest BCUT2D eigenvalue weighted by Gasteiger charge is -2.19. The zero-order chi connectivity index (χ0) is 34.1. The minimum atomic E-state index is -4.82. The molecule has 1 fully saturated rings. The largest absolute Gasteiger partial charge is 0.495 e. The molecule has 5 rings (SSSR count). The van der Waals surface area contributed by atoms with Crippen LogP contribution in [0.5, 0.6) is 11.6 Å². The van der Waals surface area contributed by atoms with Crippen LogP contribution in [0.25, 0.3) is 10.8 Å². The van der Waals surface area contributed by atoms with Gasteiger partial charge in [-0.2, -0.15) is 18.2 Å². The van der Waals surface area contributed by atoms with Crippen LogP contribution in [-0.2, 0) is 33.0 Å². The van der Waals surface area contributed by atoms with E-state index >= 15 is 0 Å². The maximum absolute atomic E-state index is 14.2. The molecule has 1 unspecified atom stereocenters. The van der Waals surface area contributed by atoms with Crippen molar-refractivity contribution in [3.05, 3.63) is 59.4 Å². The van der Waals surface area contributed by atoms with Crippen molar-refractivity contribution in [1.29, 1.82) is 0 Å². The van der Waals surface area contributed by atoms with Crippen LogP contribution in [0.4, 0.5) is 36.3 Å². The lowest BCUT2D eigenvalue weighted by Crippen LogP contribution is -2.17. The van der Waals surface area contributed by atoms with E-state index in [0.29, 0.717) is 35.7 Å². The minimum absolute atomic E-state index is 0.0162. The molecule has 2 aromatic heterocycles. The van der Waals surface area contributed by atoms with Gasteiger partial charge >= 0.3 is 13.8 Å². The Kier molecular flexibility index (Phi) is 10.0. The Morgan fingerprint density at radius 1 is 1.04 bits per heavy atom. The van der Waals surface area contributed by atoms with Crippen LogP contribution >= 0.6 is 7.60 Å². The number of benzene rings is 2. The highest BCUT2D eigenvalue weighted by molar-refractivity contribution is 7.53. The Labute approximate surface area is 269 Å². The number of aromatic hydroxyl groups is 1. The van der Waals surface area contributed by atoms with E-state index in [1.807, 2.05) is 0 Å². The van der Waals surface area contributed by atoms with Crippen LogP contribution < -0.4 is 15.4 Å². The quantitative estimate of drug-likeness (QED) is 0.103. The highest BCUT2D eigenvalue weighted by atomic mass is 31.2. The Balaban J connectivity index is 1.49. The molecule has 2 aromatic carbocycles. The second kappa shape index (κ2) is 13.7. The third-order valence-corrected chi connectivity index (χ3v) is 10.0. The number of hydrogen-bond acceptors (Lipinski definition) is 11. The number of aryl methyl sites for hydroxylation is 1. The lowest BCUT2D eigenvalue weighted by molar-refractivity contribution is -0.137. The fraction of sp³-hybridized carbons (Fsp3) is 0.419. The molecule has 4 aromatic rings. The van der Waals surface area contributed by atoms with Crippen molar-refractivity contribution < 1.29 is 46.8 Å². The van der Waals surface area contributed by atoms with Crippen LogP contribution in [0, 0.1) is 0 Å². The van der Waals surface area contributed by atoms with Crippen molar-refractivity contribution >= 4 is 41.5 Å². The lowest BCUT2D eigenvalue weighted by atomic mass is 9.93. The number of aromatic nitrogens is 3. The van der Waals surface area contributed by atoms with Crippen molar-refractivity contribution in [3.8, 4) is 11.6 Å². The molecule has 1 aliphatic rings. The minimum Gasteiger partial charge on any atom is -0.495 e. The molecule has 0 radical (unpaired) electrons. The van der Waals surface area contributed by atoms with E-state index < -0.39 is 37.4 Å². The summed E-state index contributed by atoms with van der Waals surface area (Å²) < 4.78 is 73.1. The molecule has 1 saturated carbocycles. The smallest absolute Gasteiger partial charge is 0.421 e. The van der Waals surface area contributed by atoms with Gasteiger partial charge in [0.1, 0.15) is 17.1 Å². The second-order valence-corrected chi connectivity index (χ2v) is 13.3. The predicted octanol–water partition coefficient (Wildman–Crippen LogP) is 6.55. The maximum atomic E-state index is 14.2. The fourth-order valence-electron chi connectivity index (χ4n) is 5.83. The molecular formula is C31H37F3N5O7P. The SMILES string of the molecule is CCOP(=O)(Cc1ccc(Nc2ncc(C(F)(F)F)c(Nc3ccc(C4C[C@@H](O)[C@@H](O)C4)c4cn(C)c(O)c34)n2)c(OC)c1)OCC. The number of aliphatic hydroxyl groups excluding tert-OH is 2. The molecule has 0 spiro atoms. The van der Waals surface area contributed by atoms with Gasteiger partial charge in [0, 0.05) is 24.8 Å². The monoisotopic (exact) mass is 679 g/mol. The van der Waals surface area contributed by atoms with Crippen molar-refractivity contribution in [2.45, 2.75) is 57.2 Å². The van der Waals surface area contributed by atoms with Gasteiger partial charge in [0.15, 0.2) is 0 Å². The Morgan fingerprint density at radius 3 is 2.32 bits per heavy atom. The molecule has 1 aliphatic carbocycles. The molecule has 5 N–H and O–H groups in total. The fourth-order valence-corrected chi connectivity index (χ4v) is 7.52. The number of nitrogens with one attached hydrogen (secondary N) is 2. The number of ether oxygens (including phenoxy) is 1. The van der Waals surface area contributed by atoms with Crippen molar-refractivity contribution in [3.63, 3.8) is 0 Å². The van der Waals surface area contributed by atoms with Gasteiger partial charge in [-0.05, 0) is 61.9 Å². The highest BCUT2D eigenvalue weighted by Crippen LogP contribution is 2.52. The van der Waals surface area contributed by atoms with Crippen LogP contribution in [0.1, 0.15) is 49.3 Å². The summed E-state index contributed by atoms with van der Waals surface area (Å²) in [5, 5.41) is 37.6. The predicted molar refractivity (Wildman–Crippen MR) is 170 cm³/mol. The normalized spacial score (nSPS) is 18.5. The zero-order valence-corrected chi connectivity index (χ0v) is 27.1. The van der Waals surface area contributed by atoms with E-state index in [1.54, 1.807) is 51.4 Å². The van der Waals surface area contributed by atoms with Gasteiger partial charge in [-0.3, -0.25) is 4.57 Å². The van der Waals surface area contributed by atoms with Gasteiger partial charge < -0.3 is 44.3 Å². The Bertz CT molecular complexity index is 1780. The molecular weight excluding hydrogens is 642 g/mol. The van der Waals surface area contributed by atoms with E-state index in [2.05, 4.69) is 20.6 Å². The average Bonchev–Trinajstić information content (AvgIpc) is 3.50. The van der Waals surface area contributed by atoms with E-state index in [4.69, 9.17) is 13.8 Å². The van der Waals surface area contributed by atoms with Crippen LogP contribution in [0.15, 0.2) is 42.7 Å². The second-order valence-electron chi connectivity index (χ2n) is 11.2. The number of rotatable bonds is 12. The van der Waals surface area contributed by atoms with Crippen LogP contribution in [0.2, 0.25) is 0 Å². The molecule has 0 bridgehead atoms. The number of hydrogen-bond donors (Lipinski definition) is 5. The molecule has 254 valence electrons. The summed E-state index contributed by atoms with van der Waals surface area (Å²) in [5.74, 6) is -0.865. The summed E-state index contributed by atoms with van der Waals surface area (Å²) in [4.78, 5) is 8.04. The van der Waals surface area contributed by atoms with Crippen LogP contribution in [-0.4, -0.2) is 62.4 Å². The van der Waals surface area contributed by atoms with Gasteiger partial charge in [0.25, 0.3) is 0 Å². The molecule has 16 heteroatoms. The summed E-state index contributed by atoms with van der Waals surface area (Å²) in [7, 11) is -0.403. The molecule has 47 heavy (non-hydrogen) atoms. The number of methoxy groups -OCH3 is 1. The first-order valence-corrected chi connectivity index (χ1v) is 16.7. The van der Waals surface area contributed by atoms with Gasteiger partial charge in [-0.15, -0.1) is 0 Å². The Hall–Kier alpha value is -3.88. The summed E-state index contributed by atoms with van der Waals surface area (Å²) in [6.07, 6.45) is -3.71. The molecule has 0 amide bonds. The van der Waals surface area contributed by atoms with Crippen molar-refractivity contribution in [2.75, 3.05) is 31.0 Å². The summed E-state index contributed by atoms with van der Waals surface area (Å²) >= 11 is 0. The van der Waals surface area contributed by atoms with Crippen molar-refractivity contribution in [2.24, 2.45) is 7.05 Å². The third-order valence-electron chi connectivity index (χ3n) is 7.98. The number of nitrogens with zero attached hydrogens (tertiary/aromatic N) is 3. The molecule has 0 saturated heterocycles. The van der Waals surface area contributed by atoms with Gasteiger partial charge in [-0.25, -0.2) is 4.98 Å². The van der Waals surface area contributed by atoms with Gasteiger partial charge in [0.05, 0.1) is 55.5 Å². The molecule has 2 heterocycles. The molecule has 0 aliphatic heterocycles. The molecule has 3 atom stereocenters. The first-order valence-electron chi connectivity index (χ1n) is 15.0. The topological polar surface area (TPSA) is 160 Å². The average molecular weight is 680 g/mol. The number of fused-ring (bicyclic) bond motifs is 1. The van der Waals surface area contributed by atoms with Crippen molar-refractivity contribution in [1.82, 2.24) is 14.5 Å². The van der Waals surface area contributed by atoms with E-state index in [1.165, 1.54) is 17.7 Å². The summed E-state index contributed by atoms with van der Waals surface area (Å²) in [6, 6.07) is 8.09. The standard InChI is InChI=1S/C31H37F3N5O7P/c1-5-45-47(43,46-6-2)16-17-7-9-22(26(11-17)44-4)37-30-35-14-21(31(32,33)34)28(38-30)36-23-10-8-19(18-12-24(40)25(41)13-18)20-15-39(3)29(42)27(20)23/h7-11,14-15,18,24-25,40-42H,5-6,12-13,16H2,1-4H3,(H2,35,36,37,38)/t18?,24-,25+. The summed E-state index contributed by atoms with van der Waals surface area (Å²) in [5.41, 5.74) is 0.685. The summed E-state index contributed by atoms with van der Waals surface area (Å²) in [6.45, 7) is 3.82. The number of aliphatic hydroxyl groups is 2. The van der Waals surface area contributed by atoms with E-state index in [9.17, 15) is 33.1 Å². The number of alkyl halides is 3. The zero-order valence-electron chi connectivity index (χ0n) is 26.2. The Morgan fingerprint density at radius 2 is 1.70 bits per heavy atom. The third kappa shape index (κ3) is 7.34. The number of halogens is 3. The maximum Gasteiger partial charge on any atom is 0.421 e. The first-order chi connectivity index (χ1) is 22.3.